The minimum atomic E-state index is 0.366. The van der Waals surface area contributed by atoms with Gasteiger partial charge >= 0.3 is 0 Å². The quantitative estimate of drug-likeness (QED) is 0.875. The Morgan fingerprint density at radius 2 is 2.00 bits per heavy atom. The number of benzene rings is 1. The Bertz CT molecular complexity index is 707. The first-order valence-electron chi connectivity index (χ1n) is 8.65. The number of nitrogens with zero attached hydrogens (tertiary/aromatic N) is 3. The van der Waals surface area contributed by atoms with E-state index in [-0.39, 0.29) is 0 Å². The van der Waals surface area contributed by atoms with Crippen LogP contribution in [0.25, 0.3) is 10.9 Å². The van der Waals surface area contributed by atoms with Gasteiger partial charge in [0.15, 0.2) is 0 Å². The van der Waals surface area contributed by atoms with Gasteiger partial charge in [-0.2, -0.15) is 0 Å². The Labute approximate surface area is 137 Å². The third-order valence-electron chi connectivity index (χ3n) is 5.18. The van der Waals surface area contributed by atoms with Crippen LogP contribution in [0.1, 0.15) is 31.2 Å². The van der Waals surface area contributed by atoms with E-state index in [0.717, 1.165) is 57.4 Å². The van der Waals surface area contributed by atoms with E-state index in [1.807, 2.05) is 12.3 Å². The van der Waals surface area contributed by atoms with Crippen LogP contribution in [0.3, 0.4) is 0 Å². The van der Waals surface area contributed by atoms with Crippen molar-refractivity contribution in [2.24, 2.45) is 0 Å². The van der Waals surface area contributed by atoms with Crippen molar-refractivity contribution in [1.82, 2.24) is 14.8 Å². The predicted octanol–water partition coefficient (Wildman–Crippen LogP) is 2.82. The summed E-state index contributed by atoms with van der Waals surface area (Å²) in [7, 11) is 0. The molecule has 0 aliphatic carbocycles. The topological polar surface area (TPSA) is 36.4 Å². The summed E-state index contributed by atoms with van der Waals surface area (Å²) in [6.07, 6.45) is 5.86. The highest BCUT2D eigenvalue weighted by Crippen LogP contribution is 2.23. The van der Waals surface area contributed by atoms with Gasteiger partial charge in [0.05, 0.1) is 5.52 Å². The van der Waals surface area contributed by atoms with E-state index in [2.05, 4.69) is 39.0 Å². The van der Waals surface area contributed by atoms with E-state index in [0.29, 0.717) is 11.9 Å². The van der Waals surface area contributed by atoms with Gasteiger partial charge in [0.25, 0.3) is 0 Å². The number of carbonyl (C=O) groups is 1. The van der Waals surface area contributed by atoms with Gasteiger partial charge in [-0.15, -0.1) is 0 Å². The number of hydrogen-bond acceptors (Lipinski definition) is 3. The van der Waals surface area contributed by atoms with E-state index in [4.69, 9.17) is 0 Å². The van der Waals surface area contributed by atoms with Crippen molar-refractivity contribution in [3.05, 3.63) is 42.1 Å². The molecular formula is C19H23N3O. The number of amides is 1. The minimum absolute atomic E-state index is 0.366. The molecule has 0 spiro atoms. The standard InChI is InChI=1S/C19H23N3O/c23-19-4-2-10-22(19)17-7-11-21(12-8-17)14-15-5-6-18-16(13-15)3-1-9-20-18/h1,3,5-6,9,13,17H,2,4,7-8,10-12,14H2. The highest BCUT2D eigenvalue weighted by molar-refractivity contribution is 5.79. The van der Waals surface area contributed by atoms with Gasteiger partial charge in [-0.3, -0.25) is 14.7 Å². The lowest BCUT2D eigenvalue weighted by molar-refractivity contribution is -0.130. The number of piperidine rings is 1. The number of pyridine rings is 1. The summed E-state index contributed by atoms with van der Waals surface area (Å²) in [5, 5.41) is 1.21. The second-order valence-corrected chi connectivity index (χ2v) is 6.73. The van der Waals surface area contributed by atoms with Gasteiger partial charge in [-0.05, 0) is 43.0 Å². The summed E-state index contributed by atoms with van der Waals surface area (Å²) in [5.74, 6) is 0.366. The molecule has 1 amide bonds. The normalized spacial score (nSPS) is 20.5. The molecule has 0 atom stereocenters. The summed E-state index contributed by atoms with van der Waals surface area (Å²) in [4.78, 5) is 20.9. The molecule has 1 aromatic heterocycles. The van der Waals surface area contributed by atoms with Gasteiger partial charge in [0.2, 0.25) is 5.91 Å². The largest absolute Gasteiger partial charge is 0.340 e. The van der Waals surface area contributed by atoms with Gasteiger partial charge in [0.1, 0.15) is 0 Å². The molecule has 0 N–H and O–H groups in total. The van der Waals surface area contributed by atoms with Crippen LogP contribution in [0.5, 0.6) is 0 Å². The second-order valence-electron chi connectivity index (χ2n) is 6.73. The maximum atomic E-state index is 11.9. The third kappa shape index (κ3) is 3.08. The first kappa shape index (κ1) is 14.6. The van der Waals surface area contributed by atoms with Crippen molar-refractivity contribution in [2.45, 2.75) is 38.3 Å². The van der Waals surface area contributed by atoms with Crippen molar-refractivity contribution in [3.8, 4) is 0 Å². The first-order chi connectivity index (χ1) is 11.3. The summed E-state index contributed by atoms with van der Waals surface area (Å²) < 4.78 is 0. The van der Waals surface area contributed by atoms with Gasteiger partial charge in [-0.1, -0.05) is 12.1 Å². The molecule has 4 heteroatoms. The molecule has 0 saturated carbocycles. The Balaban J connectivity index is 1.37. The lowest BCUT2D eigenvalue weighted by atomic mass is 10.0. The minimum Gasteiger partial charge on any atom is -0.340 e. The molecule has 0 bridgehead atoms. The zero-order valence-electron chi connectivity index (χ0n) is 13.4. The molecule has 4 nitrogen and oxygen atoms in total. The van der Waals surface area contributed by atoms with E-state index in [1.165, 1.54) is 10.9 Å². The van der Waals surface area contributed by atoms with Crippen LogP contribution in [0, 0.1) is 0 Å². The van der Waals surface area contributed by atoms with Crippen LogP contribution in [-0.2, 0) is 11.3 Å². The molecule has 0 unspecified atom stereocenters. The second kappa shape index (κ2) is 6.28. The van der Waals surface area contributed by atoms with Crippen LogP contribution in [0.15, 0.2) is 36.5 Å². The Kier molecular flexibility index (Phi) is 4.00. The average Bonchev–Trinajstić information content (AvgIpc) is 3.02. The van der Waals surface area contributed by atoms with Crippen LogP contribution in [-0.4, -0.2) is 46.4 Å². The van der Waals surface area contributed by atoms with Crippen LogP contribution in [0.4, 0.5) is 0 Å². The van der Waals surface area contributed by atoms with Gasteiger partial charge in [0, 0.05) is 50.2 Å². The Morgan fingerprint density at radius 3 is 2.78 bits per heavy atom. The fourth-order valence-electron chi connectivity index (χ4n) is 3.93. The number of aromatic nitrogens is 1. The first-order valence-corrected chi connectivity index (χ1v) is 8.65. The lowest BCUT2D eigenvalue weighted by Gasteiger charge is -2.36. The molecule has 4 rings (SSSR count). The lowest BCUT2D eigenvalue weighted by Crippen LogP contribution is -2.45. The molecule has 3 heterocycles. The number of carbonyl (C=O) groups excluding carboxylic acids is 1. The smallest absolute Gasteiger partial charge is 0.222 e. The molecule has 2 aliphatic rings. The summed E-state index contributed by atoms with van der Waals surface area (Å²) >= 11 is 0. The Hall–Kier alpha value is -1.94. The zero-order chi connectivity index (χ0) is 15.6. The third-order valence-corrected chi connectivity index (χ3v) is 5.18. The predicted molar refractivity (Wildman–Crippen MR) is 91.0 cm³/mol. The van der Waals surface area contributed by atoms with Crippen LogP contribution < -0.4 is 0 Å². The van der Waals surface area contributed by atoms with Crippen molar-refractivity contribution >= 4 is 16.8 Å². The summed E-state index contributed by atoms with van der Waals surface area (Å²) in [6.45, 7) is 4.13. The molecule has 23 heavy (non-hydrogen) atoms. The number of likely N-dealkylation sites (tertiary alicyclic amines) is 2. The fraction of sp³-hybridized carbons (Fsp3) is 0.474. The highest BCUT2D eigenvalue weighted by Gasteiger charge is 2.30. The number of fused-ring (bicyclic) bond motifs is 1. The summed E-state index contributed by atoms with van der Waals surface area (Å²) in [6, 6.07) is 11.1. The van der Waals surface area contributed by atoms with Crippen molar-refractivity contribution in [1.29, 1.82) is 0 Å². The maximum absolute atomic E-state index is 11.9. The highest BCUT2D eigenvalue weighted by atomic mass is 16.2. The van der Waals surface area contributed by atoms with Crippen LogP contribution in [0.2, 0.25) is 0 Å². The number of hydrogen-bond donors (Lipinski definition) is 0. The van der Waals surface area contributed by atoms with Gasteiger partial charge in [-0.25, -0.2) is 0 Å². The zero-order valence-corrected chi connectivity index (χ0v) is 13.4. The van der Waals surface area contributed by atoms with Gasteiger partial charge < -0.3 is 4.90 Å². The van der Waals surface area contributed by atoms with Crippen molar-refractivity contribution < 1.29 is 4.79 Å². The Morgan fingerprint density at radius 1 is 1.13 bits per heavy atom. The molecular weight excluding hydrogens is 286 g/mol. The molecule has 2 fully saturated rings. The molecule has 2 saturated heterocycles. The fourth-order valence-corrected chi connectivity index (χ4v) is 3.93. The van der Waals surface area contributed by atoms with Crippen LogP contribution >= 0.6 is 0 Å². The average molecular weight is 309 g/mol. The van der Waals surface area contributed by atoms with E-state index in [1.54, 1.807) is 0 Å². The van der Waals surface area contributed by atoms with E-state index < -0.39 is 0 Å². The van der Waals surface area contributed by atoms with E-state index in [9.17, 15) is 4.79 Å². The molecule has 120 valence electrons. The van der Waals surface area contributed by atoms with E-state index >= 15 is 0 Å². The maximum Gasteiger partial charge on any atom is 0.222 e. The SMILES string of the molecule is O=C1CCCN1C1CCN(Cc2ccc3ncccc3c2)CC1. The van der Waals surface area contributed by atoms with Crippen molar-refractivity contribution in [2.75, 3.05) is 19.6 Å². The number of rotatable bonds is 3. The molecule has 2 aliphatic heterocycles. The monoisotopic (exact) mass is 309 g/mol. The molecule has 1 aromatic carbocycles. The van der Waals surface area contributed by atoms with Crippen molar-refractivity contribution in [3.63, 3.8) is 0 Å². The molecule has 0 radical (unpaired) electrons. The summed E-state index contributed by atoms with van der Waals surface area (Å²) in [5.41, 5.74) is 2.41. The molecule has 2 aromatic rings.